The van der Waals surface area contributed by atoms with E-state index in [1.165, 1.54) is 19.4 Å². The van der Waals surface area contributed by atoms with E-state index in [-0.39, 0.29) is 0 Å². The molecule has 1 aliphatic rings. The molecule has 2 unspecified atom stereocenters. The number of hydrogen-bond acceptors (Lipinski definition) is 2. The smallest absolute Gasteiger partial charge is 0.00739 e. The SMILES string of the molecule is CC(C)C(N)CCNCC(C)C1CC1. The molecule has 2 atom stereocenters. The molecule has 1 saturated carbocycles. The maximum absolute atomic E-state index is 5.97. The second-order valence-electron chi connectivity index (χ2n) is 5.22. The van der Waals surface area contributed by atoms with E-state index >= 15 is 0 Å². The molecule has 2 heteroatoms. The van der Waals surface area contributed by atoms with Gasteiger partial charge in [-0.1, -0.05) is 20.8 Å². The third-order valence-corrected chi connectivity index (χ3v) is 3.40. The van der Waals surface area contributed by atoms with E-state index < -0.39 is 0 Å². The van der Waals surface area contributed by atoms with Gasteiger partial charge in [-0.25, -0.2) is 0 Å². The van der Waals surface area contributed by atoms with Crippen molar-refractivity contribution in [2.24, 2.45) is 23.5 Å². The van der Waals surface area contributed by atoms with Crippen molar-refractivity contribution in [2.75, 3.05) is 13.1 Å². The van der Waals surface area contributed by atoms with Gasteiger partial charge in [0.2, 0.25) is 0 Å². The summed E-state index contributed by atoms with van der Waals surface area (Å²) < 4.78 is 0. The Hall–Kier alpha value is -0.0800. The minimum atomic E-state index is 0.360. The molecule has 1 fully saturated rings. The Labute approximate surface area is 88.6 Å². The highest BCUT2D eigenvalue weighted by molar-refractivity contribution is 4.80. The van der Waals surface area contributed by atoms with Gasteiger partial charge in [-0.2, -0.15) is 0 Å². The molecule has 0 spiro atoms. The number of hydrogen-bond donors (Lipinski definition) is 2. The summed E-state index contributed by atoms with van der Waals surface area (Å²) in [6.45, 7) is 8.99. The van der Waals surface area contributed by atoms with Crippen LogP contribution in [0.15, 0.2) is 0 Å². The molecule has 0 aromatic carbocycles. The van der Waals surface area contributed by atoms with Gasteiger partial charge in [-0.15, -0.1) is 0 Å². The zero-order valence-corrected chi connectivity index (χ0v) is 9.92. The highest BCUT2D eigenvalue weighted by Crippen LogP contribution is 2.35. The maximum Gasteiger partial charge on any atom is 0.00739 e. The van der Waals surface area contributed by atoms with Gasteiger partial charge in [0, 0.05) is 6.04 Å². The molecule has 2 nitrogen and oxygen atoms in total. The molecule has 3 N–H and O–H groups in total. The molecule has 0 amide bonds. The van der Waals surface area contributed by atoms with E-state index in [9.17, 15) is 0 Å². The molecule has 0 aliphatic heterocycles. The molecular formula is C12H26N2. The molecule has 1 aliphatic carbocycles. The number of nitrogens with two attached hydrogens (primary N) is 1. The standard InChI is InChI=1S/C12H26N2/c1-9(2)12(13)6-7-14-8-10(3)11-4-5-11/h9-12,14H,4-8,13H2,1-3H3. The van der Waals surface area contributed by atoms with E-state index in [0.29, 0.717) is 12.0 Å². The highest BCUT2D eigenvalue weighted by atomic mass is 14.9. The van der Waals surface area contributed by atoms with Crippen molar-refractivity contribution in [1.29, 1.82) is 0 Å². The second kappa shape index (κ2) is 5.72. The van der Waals surface area contributed by atoms with Crippen molar-refractivity contribution in [3.8, 4) is 0 Å². The Kier molecular flexibility index (Phi) is 4.90. The van der Waals surface area contributed by atoms with Crippen LogP contribution in [0, 0.1) is 17.8 Å². The van der Waals surface area contributed by atoms with Gasteiger partial charge in [0.05, 0.1) is 0 Å². The van der Waals surface area contributed by atoms with Gasteiger partial charge in [0.15, 0.2) is 0 Å². The van der Waals surface area contributed by atoms with E-state index in [1.807, 2.05) is 0 Å². The fourth-order valence-corrected chi connectivity index (χ4v) is 1.76. The van der Waals surface area contributed by atoms with Crippen LogP contribution >= 0.6 is 0 Å². The average molecular weight is 198 g/mol. The van der Waals surface area contributed by atoms with Crippen LogP contribution < -0.4 is 11.1 Å². The van der Waals surface area contributed by atoms with Gasteiger partial charge in [-0.05, 0) is 50.1 Å². The third-order valence-electron chi connectivity index (χ3n) is 3.40. The lowest BCUT2D eigenvalue weighted by molar-refractivity contribution is 0.419. The predicted molar refractivity (Wildman–Crippen MR) is 62.2 cm³/mol. The van der Waals surface area contributed by atoms with Crippen LogP contribution in [0.25, 0.3) is 0 Å². The summed E-state index contributed by atoms with van der Waals surface area (Å²) in [5.74, 6) is 2.49. The van der Waals surface area contributed by atoms with E-state index in [2.05, 4.69) is 26.1 Å². The first-order chi connectivity index (χ1) is 6.61. The summed E-state index contributed by atoms with van der Waals surface area (Å²) in [6, 6.07) is 0.360. The van der Waals surface area contributed by atoms with Crippen LogP contribution in [-0.4, -0.2) is 19.1 Å². The fourth-order valence-electron chi connectivity index (χ4n) is 1.76. The molecule has 84 valence electrons. The summed E-state index contributed by atoms with van der Waals surface area (Å²) in [5.41, 5.74) is 5.97. The molecule has 0 bridgehead atoms. The van der Waals surface area contributed by atoms with Crippen LogP contribution in [0.3, 0.4) is 0 Å². The topological polar surface area (TPSA) is 38.0 Å². The molecule has 0 aromatic heterocycles. The van der Waals surface area contributed by atoms with Gasteiger partial charge < -0.3 is 11.1 Å². The minimum absolute atomic E-state index is 0.360. The lowest BCUT2D eigenvalue weighted by Crippen LogP contribution is -2.32. The van der Waals surface area contributed by atoms with Crippen LogP contribution in [-0.2, 0) is 0 Å². The Morgan fingerprint density at radius 2 is 1.93 bits per heavy atom. The molecule has 1 rings (SSSR count). The first-order valence-corrected chi connectivity index (χ1v) is 6.07. The van der Waals surface area contributed by atoms with Crippen molar-refractivity contribution in [3.05, 3.63) is 0 Å². The van der Waals surface area contributed by atoms with E-state index in [4.69, 9.17) is 5.73 Å². The molecular weight excluding hydrogens is 172 g/mol. The average Bonchev–Trinajstić information content (AvgIpc) is 2.94. The lowest BCUT2D eigenvalue weighted by Gasteiger charge is -2.17. The number of nitrogens with one attached hydrogen (secondary N) is 1. The van der Waals surface area contributed by atoms with Gasteiger partial charge in [0.25, 0.3) is 0 Å². The monoisotopic (exact) mass is 198 g/mol. The van der Waals surface area contributed by atoms with Gasteiger partial charge >= 0.3 is 0 Å². The largest absolute Gasteiger partial charge is 0.327 e. The summed E-state index contributed by atoms with van der Waals surface area (Å²) in [4.78, 5) is 0. The van der Waals surface area contributed by atoms with Crippen molar-refractivity contribution in [2.45, 2.75) is 46.1 Å². The molecule has 0 radical (unpaired) electrons. The normalized spacial score (nSPS) is 21.2. The van der Waals surface area contributed by atoms with Crippen LogP contribution in [0.4, 0.5) is 0 Å². The van der Waals surface area contributed by atoms with Crippen molar-refractivity contribution in [1.82, 2.24) is 5.32 Å². The fraction of sp³-hybridized carbons (Fsp3) is 1.00. The summed E-state index contributed by atoms with van der Waals surface area (Å²) in [6.07, 6.45) is 4.01. The Bertz CT molecular complexity index is 142. The summed E-state index contributed by atoms with van der Waals surface area (Å²) in [7, 11) is 0. The van der Waals surface area contributed by atoms with Crippen LogP contribution in [0.1, 0.15) is 40.0 Å². The van der Waals surface area contributed by atoms with Crippen LogP contribution in [0.5, 0.6) is 0 Å². The number of rotatable bonds is 7. The van der Waals surface area contributed by atoms with Gasteiger partial charge in [0.1, 0.15) is 0 Å². The zero-order chi connectivity index (χ0) is 10.6. The molecule has 14 heavy (non-hydrogen) atoms. The summed E-state index contributed by atoms with van der Waals surface area (Å²) >= 11 is 0. The Balaban J connectivity index is 1.93. The van der Waals surface area contributed by atoms with Crippen molar-refractivity contribution < 1.29 is 0 Å². The summed E-state index contributed by atoms with van der Waals surface area (Å²) in [5, 5.41) is 3.51. The maximum atomic E-state index is 5.97. The quantitative estimate of drug-likeness (QED) is 0.614. The van der Waals surface area contributed by atoms with E-state index in [0.717, 1.165) is 24.8 Å². The van der Waals surface area contributed by atoms with Crippen molar-refractivity contribution in [3.63, 3.8) is 0 Å². The Morgan fingerprint density at radius 1 is 1.29 bits per heavy atom. The lowest BCUT2D eigenvalue weighted by atomic mass is 10.0. The first kappa shape index (κ1) is 12.0. The third kappa shape index (κ3) is 4.43. The minimum Gasteiger partial charge on any atom is -0.327 e. The van der Waals surface area contributed by atoms with Crippen LogP contribution in [0.2, 0.25) is 0 Å². The van der Waals surface area contributed by atoms with Gasteiger partial charge in [-0.3, -0.25) is 0 Å². The second-order valence-corrected chi connectivity index (χ2v) is 5.22. The zero-order valence-electron chi connectivity index (χ0n) is 9.92. The molecule has 0 aromatic rings. The van der Waals surface area contributed by atoms with E-state index in [1.54, 1.807) is 0 Å². The highest BCUT2D eigenvalue weighted by Gasteiger charge is 2.27. The molecule has 0 saturated heterocycles. The predicted octanol–water partition coefficient (Wildman–Crippen LogP) is 2.00. The molecule has 0 heterocycles. The van der Waals surface area contributed by atoms with Crippen molar-refractivity contribution >= 4 is 0 Å². The Morgan fingerprint density at radius 3 is 2.43 bits per heavy atom. The first-order valence-electron chi connectivity index (χ1n) is 6.07.